The van der Waals surface area contributed by atoms with Crippen LogP contribution in [0.4, 0.5) is 19.1 Å². The van der Waals surface area contributed by atoms with Crippen molar-refractivity contribution in [1.82, 2.24) is 34.5 Å². The summed E-state index contributed by atoms with van der Waals surface area (Å²) in [4.78, 5) is 17.4. The molecule has 1 saturated heterocycles. The molecule has 1 N–H and O–H groups in total. The third kappa shape index (κ3) is 4.52. The number of rotatable bonds is 7. The number of hydrogen-bond acceptors (Lipinski definition) is 7. The highest BCUT2D eigenvalue weighted by Crippen LogP contribution is 2.33. The van der Waals surface area contributed by atoms with Crippen molar-refractivity contribution < 1.29 is 26.8 Å². The van der Waals surface area contributed by atoms with Gasteiger partial charge in [0.2, 0.25) is 24.2 Å². The Kier molecular flexibility index (Phi) is 5.43. The molecule has 10 nitrogen and oxygen atoms in total. The summed E-state index contributed by atoms with van der Waals surface area (Å²) in [5.74, 6) is -0.773. The van der Waals surface area contributed by atoms with Crippen molar-refractivity contribution in [2.45, 2.75) is 44.9 Å². The van der Waals surface area contributed by atoms with Crippen LogP contribution in [0.5, 0.6) is 5.88 Å². The van der Waals surface area contributed by atoms with Gasteiger partial charge in [0.1, 0.15) is 17.2 Å². The minimum Gasteiger partial charge on any atom is -0.479 e. The summed E-state index contributed by atoms with van der Waals surface area (Å²) >= 11 is 0. The van der Waals surface area contributed by atoms with Crippen LogP contribution in [0.2, 0.25) is 0 Å². The lowest BCUT2D eigenvalue weighted by atomic mass is 10.0. The number of aryl methyl sites for hydroxylation is 1. The van der Waals surface area contributed by atoms with Crippen LogP contribution < -0.4 is 10.1 Å². The van der Waals surface area contributed by atoms with Gasteiger partial charge in [0.05, 0.1) is 25.2 Å². The highest BCUT2D eigenvalue weighted by molar-refractivity contribution is 5.89. The first kappa shape index (κ1) is 20.3. The molecular formula is C23H25F3N8O2. The van der Waals surface area contributed by atoms with E-state index < -0.39 is 31.4 Å². The topological polar surface area (TPSA) is 102 Å². The van der Waals surface area contributed by atoms with E-state index in [0.29, 0.717) is 22.1 Å². The average molecular weight is 506 g/mol. The van der Waals surface area contributed by atoms with Crippen molar-refractivity contribution in [2.24, 2.45) is 0 Å². The molecule has 3 aromatic heterocycles. The molecule has 4 aromatic rings. The minimum absolute atomic E-state index is 0.0223. The van der Waals surface area contributed by atoms with Gasteiger partial charge in [-0.05, 0) is 30.2 Å². The first-order valence-corrected chi connectivity index (χ1v) is 11.3. The second-order valence-electron chi connectivity index (χ2n) is 8.47. The smallest absolute Gasteiger partial charge is 0.244 e. The quantitative estimate of drug-likeness (QED) is 0.412. The first-order chi connectivity index (χ1) is 18.5. The molecule has 0 saturated carbocycles. The lowest BCUT2D eigenvalue weighted by Crippen LogP contribution is -2.49. The molecule has 1 aliphatic rings. The normalized spacial score (nSPS) is 19.9. The maximum atomic E-state index is 14.9. The van der Waals surface area contributed by atoms with E-state index in [0.717, 1.165) is 10.5 Å². The van der Waals surface area contributed by atoms with Gasteiger partial charge in [0.15, 0.2) is 0 Å². The zero-order valence-corrected chi connectivity index (χ0v) is 19.2. The predicted molar refractivity (Wildman–Crippen MR) is 126 cm³/mol. The first-order valence-electron chi connectivity index (χ1n) is 12.8. The predicted octanol–water partition coefficient (Wildman–Crippen LogP) is 3.18. The Bertz CT molecular complexity index is 1510. The molecule has 0 bridgehead atoms. The Hall–Kier alpha value is -3.90. The summed E-state index contributed by atoms with van der Waals surface area (Å²) in [5, 5.41) is 15.4. The molecule has 1 amide bonds. The van der Waals surface area contributed by atoms with Crippen LogP contribution in [-0.2, 0) is 11.3 Å². The van der Waals surface area contributed by atoms with Gasteiger partial charge in [-0.3, -0.25) is 4.79 Å². The number of anilines is 1. The largest absolute Gasteiger partial charge is 0.479 e. The summed E-state index contributed by atoms with van der Waals surface area (Å²) in [6, 6.07) is 6.41. The molecule has 5 rings (SSSR count). The number of aromatic nitrogens is 6. The summed E-state index contributed by atoms with van der Waals surface area (Å²) in [5.41, 5.74) is 3.15. The average Bonchev–Trinajstić information content (AvgIpc) is 3.51. The van der Waals surface area contributed by atoms with Gasteiger partial charge in [0, 0.05) is 42.2 Å². The van der Waals surface area contributed by atoms with Crippen molar-refractivity contribution in [1.29, 1.82) is 0 Å². The molecule has 0 radical (unpaired) electrons. The van der Waals surface area contributed by atoms with Crippen molar-refractivity contribution in [3.8, 4) is 17.0 Å². The maximum absolute atomic E-state index is 14.9. The van der Waals surface area contributed by atoms with Crippen molar-refractivity contribution in [2.75, 3.05) is 25.5 Å². The second-order valence-corrected chi connectivity index (χ2v) is 8.47. The monoisotopic (exact) mass is 505 g/mol. The number of carbonyl (C=O) groups excluding carboxylic acids is 1. The van der Waals surface area contributed by atoms with Gasteiger partial charge in [-0.25, -0.2) is 22.4 Å². The molecule has 2 atom stereocenters. The fourth-order valence-electron chi connectivity index (χ4n) is 4.36. The zero-order chi connectivity index (χ0) is 27.9. The van der Waals surface area contributed by atoms with E-state index in [9.17, 15) is 18.0 Å². The highest BCUT2D eigenvalue weighted by Gasteiger charge is 2.31. The van der Waals surface area contributed by atoms with E-state index in [1.807, 2.05) is 6.07 Å². The Labute approximate surface area is 208 Å². The summed E-state index contributed by atoms with van der Waals surface area (Å²) in [6.07, 6.45) is -2.49. The molecule has 0 unspecified atom stereocenters. The van der Waals surface area contributed by atoms with Crippen LogP contribution in [-0.4, -0.2) is 79.2 Å². The van der Waals surface area contributed by atoms with Crippen LogP contribution in [0.3, 0.4) is 0 Å². The number of hydrogen-bond donors (Lipinski definition) is 1. The summed E-state index contributed by atoms with van der Waals surface area (Å²) < 4.78 is 70.6. The van der Waals surface area contributed by atoms with Crippen LogP contribution >= 0.6 is 0 Å². The number of benzene rings is 1. The Morgan fingerprint density at radius 2 is 2.22 bits per heavy atom. The van der Waals surface area contributed by atoms with Gasteiger partial charge in [-0.1, -0.05) is 11.3 Å². The minimum atomic E-state index is -2.82. The van der Waals surface area contributed by atoms with Crippen molar-refractivity contribution in [3.05, 3.63) is 30.5 Å². The van der Waals surface area contributed by atoms with Crippen LogP contribution in [0.15, 0.2) is 30.5 Å². The van der Waals surface area contributed by atoms with Gasteiger partial charge in [-0.2, -0.15) is 4.98 Å². The Morgan fingerprint density at radius 3 is 2.97 bits per heavy atom. The van der Waals surface area contributed by atoms with E-state index in [1.165, 1.54) is 16.3 Å². The zero-order valence-electron chi connectivity index (χ0n) is 22.2. The molecule has 1 aromatic carbocycles. The molecule has 1 aliphatic heterocycles. The highest BCUT2D eigenvalue weighted by atomic mass is 19.3. The van der Waals surface area contributed by atoms with Gasteiger partial charge >= 0.3 is 0 Å². The fourth-order valence-corrected chi connectivity index (χ4v) is 4.36. The molecule has 4 heterocycles. The third-order valence-corrected chi connectivity index (χ3v) is 6.20. The number of methoxy groups -OCH3 is 1. The lowest BCUT2D eigenvalue weighted by molar-refractivity contribution is -0.131. The molecule has 36 heavy (non-hydrogen) atoms. The second kappa shape index (κ2) is 9.63. The maximum Gasteiger partial charge on any atom is 0.244 e. The summed E-state index contributed by atoms with van der Waals surface area (Å²) in [7, 11) is 1.44. The van der Waals surface area contributed by atoms with E-state index in [1.54, 1.807) is 24.4 Å². The molecule has 1 fully saturated rings. The number of amides is 1. The third-order valence-electron chi connectivity index (χ3n) is 6.20. The fraction of sp³-hybridized carbons (Fsp3) is 0.435. The molecule has 190 valence electrons. The number of piperidine rings is 1. The molecular weight excluding hydrogens is 477 g/mol. The molecule has 0 aliphatic carbocycles. The number of halogens is 3. The standard InChI is InChI=1S/C23H25F3N8O2/c1-13(35)32-8-6-17(16(24)12-32)27-23-28-22(36-2)21-15(5-9-34(21)30-23)14-3-4-18-19(11-14)33(31-29-18)10-7-20(25)26/h3-5,9,11,16-17,20H,6-8,10,12H2,1-2H3,(H,27,30)/t16-,17+/m1/s1/i1D3. The van der Waals surface area contributed by atoms with Crippen molar-refractivity contribution >= 4 is 28.4 Å². The van der Waals surface area contributed by atoms with Gasteiger partial charge < -0.3 is 15.0 Å². The number of ether oxygens (including phenoxy) is 1. The number of fused-ring (bicyclic) bond motifs is 2. The van der Waals surface area contributed by atoms with Crippen molar-refractivity contribution in [3.63, 3.8) is 0 Å². The molecule has 13 heteroatoms. The van der Waals surface area contributed by atoms with E-state index >= 15 is 0 Å². The number of likely N-dealkylation sites (tertiary alicyclic amines) is 1. The Morgan fingerprint density at radius 1 is 1.36 bits per heavy atom. The molecule has 0 spiro atoms. The van der Waals surface area contributed by atoms with Crippen LogP contribution in [0.1, 0.15) is 23.8 Å². The number of carbonyl (C=O) groups is 1. The summed E-state index contributed by atoms with van der Waals surface area (Å²) in [6.45, 7) is -3.07. The number of nitrogens with one attached hydrogen (secondary N) is 1. The number of alkyl halides is 3. The number of nitrogens with zero attached hydrogens (tertiary/aromatic N) is 7. The van der Waals surface area contributed by atoms with Crippen LogP contribution in [0, 0.1) is 0 Å². The SMILES string of the molecule is [2H]C([2H])([2H])C(=O)N1CC[C@H](Nc2nc(OC)c3c(-c4ccc5nnn(CCC(F)F)c5c4)ccn3n2)[C@H](F)C1. The lowest BCUT2D eigenvalue weighted by Gasteiger charge is -2.34. The van der Waals surface area contributed by atoms with E-state index in [2.05, 4.69) is 25.7 Å². The van der Waals surface area contributed by atoms with Gasteiger partial charge in [-0.15, -0.1) is 10.2 Å². The van der Waals surface area contributed by atoms with E-state index in [4.69, 9.17) is 8.85 Å². The Balaban J connectivity index is 1.40. The van der Waals surface area contributed by atoms with Crippen LogP contribution in [0.25, 0.3) is 27.7 Å². The van der Waals surface area contributed by atoms with Gasteiger partial charge in [0.25, 0.3) is 0 Å². The van der Waals surface area contributed by atoms with E-state index in [-0.39, 0.29) is 44.3 Å².